The fraction of sp³-hybridized carbons (Fsp3) is 0.172. The highest BCUT2D eigenvalue weighted by Crippen LogP contribution is 2.36. The van der Waals surface area contributed by atoms with E-state index in [1.54, 1.807) is 12.1 Å². The van der Waals surface area contributed by atoms with Gasteiger partial charge in [-0.05, 0) is 18.2 Å². The van der Waals surface area contributed by atoms with Gasteiger partial charge in [-0.15, -0.1) is 0 Å². The van der Waals surface area contributed by atoms with Crippen molar-refractivity contribution in [2.24, 2.45) is 4.99 Å². The summed E-state index contributed by atoms with van der Waals surface area (Å²) in [5.41, 5.74) is 3.27. The first kappa shape index (κ1) is 25.3. The number of anilines is 2. The molecule has 202 valence electrons. The topological polar surface area (TPSA) is 136 Å². The van der Waals surface area contributed by atoms with E-state index in [1.807, 2.05) is 53.4 Å². The Hall–Kier alpha value is -5.03. The van der Waals surface area contributed by atoms with E-state index < -0.39 is 29.8 Å². The largest absolute Gasteiger partial charge is 0.449 e. The third-order valence-electron chi connectivity index (χ3n) is 6.64. The Morgan fingerprint density at radius 2 is 1.77 bits per heavy atom. The van der Waals surface area contributed by atoms with Gasteiger partial charge in [-0.25, -0.2) is 9.38 Å². The Morgan fingerprint density at radius 1 is 1.02 bits per heavy atom. The van der Waals surface area contributed by atoms with Gasteiger partial charge in [-0.2, -0.15) is 0 Å². The van der Waals surface area contributed by atoms with Gasteiger partial charge in [0.1, 0.15) is 17.1 Å². The molecule has 4 aromatic rings. The van der Waals surface area contributed by atoms with Crippen molar-refractivity contribution in [3.8, 4) is 0 Å². The van der Waals surface area contributed by atoms with E-state index in [2.05, 4.69) is 15.6 Å². The molecule has 1 atom stereocenters. The van der Waals surface area contributed by atoms with Crippen LogP contribution in [0.25, 0.3) is 11.0 Å². The molecule has 3 heterocycles. The summed E-state index contributed by atoms with van der Waals surface area (Å²) in [6, 6.07) is 20.5. The van der Waals surface area contributed by atoms with E-state index in [1.165, 1.54) is 12.1 Å². The molecule has 6 rings (SSSR count). The number of nitrogens with one attached hydrogen (secondary N) is 4. The lowest BCUT2D eigenvalue weighted by atomic mass is 10.0. The van der Waals surface area contributed by atoms with Gasteiger partial charge >= 0.3 is 0 Å². The number of carbonyl (C=O) groups is 1. The number of benzene rings is 3. The number of benzodiazepines with no additional fused rings is 1. The molecule has 3 aromatic carbocycles. The predicted octanol–water partition coefficient (Wildman–Crippen LogP) is 4.09. The Labute approximate surface area is 228 Å². The highest BCUT2D eigenvalue weighted by Gasteiger charge is 2.30. The number of aliphatic imine (C=N–C) groups is 1. The van der Waals surface area contributed by atoms with Gasteiger partial charge in [0, 0.05) is 24.2 Å². The standard InChI is InChI=1S/C29H25FN6O4/c30-19-10-6-12-21-22(19)24(36-13-15-38-16-14-36)25(39-21)26(31)40-29(32)35-27-28(37)33-20-11-5-4-9-18(20)23(34-27)17-7-2-1-3-8-17/h1-12,27,31H,13-16H2,(H2,32,35)(H,33,37). The van der Waals surface area contributed by atoms with Gasteiger partial charge in [0.15, 0.2) is 0 Å². The number of hydrogen-bond acceptors (Lipinski definition) is 8. The fourth-order valence-corrected chi connectivity index (χ4v) is 4.82. The molecule has 10 nitrogen and oxygen atoms in total. The quantitative estimate of drug-likeness (QED) is 0.227. The van der Waals surface area contributed by atoms with Crippen LogP contribution >= 0.6 is 0 Å². The van der Waals surface area contributed by atoms with Crippen LogP contribution in [-0.4, -0.2) is 56.0 Å². The van der Waals surface area contributed by atoms with Crippen molar-refractivity contribution >= 4 is 45.9 Å². The number of carbonyl (C=O) groups excluding carboxylic acids is 1. The number of para-hydroxylation sites is 1. The van der Waals surface area contributed by atoms with Crippen molar-refractivity contribution < 1.29 is 23.1 Å². The molecular formula is C29H25FN6O4. The van der Waals surface area contributed by atoms with Crippen molar-refractivity contribution in [3.05, 3.63) is 95.5 Å². The number of nitrogens with zero attached hydrogens (tertiary/aromatic N) is 2. The van der Waals surface area contributed by atoms with E-state index >= 15 is 0 Å². The van der Waals surface area contributed by atoms with Crippen LogP contribution < -0.4 is 15.5 Å². The van der Waals surface area contributed by atoms with Crippen LogP contribution in [0.1, 0.15) is 16.9 Å². The minimum Gasteiger partial charge on any atom is -0.449 e. The van der Waals surface area contributed by atoms with Crippen LogP contribution in [0.15, 0.2) is 82.2 Å². The maximum atomic E-state index is 14.9. The summed E-state index contributed by atoms with van der Waals surface area (Å²) in [5, 5.41) is 22.7. The molecule has 2 aliphatic rings. The first-order valence-corrected chi connectivity index (χ1v) is 12.7. The first-order chi connectivity index (χ1) is 19.5. The second-order valence-corrected chi connectivity index (χ2v) is 9.18. The molecule has 4 N–H and O–H groups in total. The minimum absolute atomic E-state index is 0.0280. The van der Waals surface area contributed by atoms with Gasteiger partial charge in [0.25, 0.3) is 17.8 Å². The van der Waals surface area contributed by atoms with Gasteiger partial charge in [0.2, 0.25) is 11.9 Å². The average Bonchev–Trinajstić information content (AvgIpc) is 3.31. The lowest BCUT2D eigenvalue weighted by Gasteiger charge is -2.28. The molecule has 1 amide bonds. The fourth-order valence-electron chi connectivity index (χ4n) is 4.82. The number of ether oxygens (including phenoxy) is 2. The molecule has 0 bridgehead atoms. The van der Waals surface area contributed by atoms with Crippen molar-refractivity contribution in [1.29, 1.82) is 10.8 Å². The van der Waals surface area contributed by atoms with Crippen LogP contribution in [0, 0.1) is 16.6 Å². The minimum atomic E-state index is -1.23. The van der Waals surface area contributed by atoms with Gasteiger partial charge < -0.3 is 29.4 Å². The second-order valence-electron chi connectivity index (χ2n) is 9.18. The molecule has 1 unspecified atom stereocenters. The van der Waals surface area contributed by atoms with E-state index in [-0.39, 0.29) is 16.7 Å². The summed E-state index contributed by atoms with van der Waals surface area (Å²) in [7, 11) is 0. The number of amidine groups is 1. The highest BCUT2D eigenvalue weighted by molar-refractivity contribution is 6.20. The monoisotopic (exact) mass is 540 g/mol. The number of amides is 1. The smallest absolute Gasteiger partial charge is 0.290 e. The van der Waals surface area contributed by atoms with Crippen LogP contribution in [0.3, 0.4) is 0 Å². The lowest BCUT2D eigenvalue weighted by molar-refractivity contribution is -0.117. The van der Waals surface area contributed by atoms with E-state index in [4.69, 9.17) is 24.7 Å². The van der Waals surface area contributed by atoms with Crippen molar-refractivity contribution in [1.82, 2.24) is 5.32 Å². The summed E-state index contributed by atoms with van der Waals surface area (Å²) in [6.45, 7) is 1.82. The van der Waals surface area contributed by atoms with Gasteiger partial charge in [0.05, 0.1) is 30.0 Å². The summed E-state index contributed by atoms with van der Waals surface area (Å²) >= 11 is 0. The third kappa shape index (κ3) is 4.78. The molecule has 1 fully saturated rings. The molecule has 2 aliphatic heterocycles. The molecule has 0 aliphatic carbocycles. The summed E-state index contributed by atoms with van der Waals surface area (Å²) in [5.74, 6) is -1.54. The Bertz CT molecular complexity index is 1650. The summed E-state index contributed by atoms with van der Waals surface area (Å²) in [6.07, 6.45) is -1.23. The maximum absolute atomic E-state index is 14.9. The first-order valence-electron chi connectivity index (χ1n) is 12.7. The Morgan fingerprint density at radius 3 is 2.58 bits per heavy atom. The highest BCUT2D eigenvalue weighted by atomic mass is 19.1. The van der Waals surface area contributed by atoms with E-state index in [0.717, 1.165) is 11.1 Å². The SMILES string of the molecule is N=C(NC1N=C(c2ccccc2)c2ccccc2NC1=O)OC(=N)c1oc2cccc(F)c2c1N1CCOCC1. The van der Waals surface area contributed by atoms with E-state index in [9.17, 15) is 9.18 Å². The molecule has 0 radical (unpaired) electrons. The third-order valence-corrected chi connectivity index (χ3v) is 6.64. The van der Waals surface area contributed by atoms with Gasteiger partial charge in [-0.3, -0.25) is 15.6 Å². The Balaban J connectivity index is 1.28. The Kier molecular flexibility index (Phi) is 6.71. The molecule has 40 heavy (non-hydrogen) atoms. The molecular weight excluding hydrogens is 515 g/mol. The second kappa shape index (κ2) is 10.6. The lowest BCUT2D eigenvalue weighted by Crippen LogP contribution is -2.43. The molecule has 0 spiro atoms. The van der Waals surface area contributed by atoms with E-state index in [0.29, 0.717) is 43.4 Å². The van der Waals surface area contributed by atoms with Crippen LogP contribution in [0.2, 0.25) is 0 Å². The molecule has 11 heteroatoms. The zero-order chi connectivity index (χ0) is 27.6. The average molecular weight is 541 g/mol. The van der Waals surface area contributed by atoms with Crippen LogP contribution in [0.4, 0.5) is 15.8 Å². The number of fused-ring (bicyclic) bond motifs is 2. The zero-order valence-corrected chi connectivity index (χ0v) is 21.2. The van der Waals surface area contributed by atoms with Crippen LogP contribution in [0.5, 0.6) is 0 Å². The molecule has 1 aromatic heterocycles. The number of morpholine rings is 1. The zero-order valence-electron chi connectivity index (χ0n) is 21.2. The molecule has 1 saturated heterocycles. The predicted molar refractivity (Wildman–Crippen MR) is 149 cm³/mol. The number of hydrogen-bond donors (Lipinski definition) is 4. The maximum Gasteiger partial charge on any atom is 0.290 e. The van der Waals surface area contributed by atoms with Crippen molar-refractivity contribution in [2.45, 2.75) is 6.17 Å². The normalized spacial score (nSPS) is 16.9. The summed E-state index contributed by atoms with van der Waals surface area (Å²) < 4.78 is 31.6. The summed E-state index contributed by atoms with van der Waals surface area (Å²) in [4.78, 5) is 19.6. The van der Waals surface area contributed by atoms with Crippen molar-refractivity contribution in [3.63, 3.8) is 0 Å². The number of halogens is 1. The van der Waals surface area contributed by atoms with Gasteiger partial charge in [-0.1, -0.05) is 54.6 Å². The number of furan rings is 1. The van der Waals surface area contributed by atoms with Crippen molar-refractivity contribution in [2.75, 3.05) is 36.5 Å². The number of rotatable bonds is 4. The molecule has 0 saturated carbocycles. The van der Waals surface area contributed by atoms with Crippen LogP contribution in [-0.2, 0) is 14.3 Å².